The molecular weight excluding hydrogens is 498 g/mol. The number of likely N-dealkylation sites (tertiary alicyclic amines) is 1. The van der Waals surface area contributed by atoms with Crippen LogP contribution in [0.2, 0.25) is 5.02 Å². The van der Waals surface area contributed by atoms with E-state index in [1.807, 2.05) is 42.1 Å². The minimum absolute atomic E-state index is 0.676. The number of hydrogen-bond donors (Lipinski definition) is 1. The Balaban J connectivity index is 1.29. The standard InChI is InChI=1S/C29H34ClN7O/c1-35-27-19-21(6-11-24(27)25(34-35)5-4-14-36-12-2-3-13-36)26-20-28(31-23-9-7-22(30)8-10-23)33-29(32-26)37-15-17-38-18-16-37/h6-11,19-20H,2-5,12-18H2,1H3,(H,31,32,33). The van der Waals surface area contributed by atoms with Gasteiger partial charge in [-0.1, -0.05) is 23.7 Å². The van der Waals surface area contributed by atoms with Gasteiger partial charge < -0.3 is 19.9 Å². The lowest BCUT2D eigenvalue weighted by atomic mass is 10.1. The molecule has 2 aliphatic heterocycles. The lowest BCUT2D eigenvalue weighted by Crippen LogP contribution is -2.37. The van der Waals surface area contributed by atoms with Gasteiger partial charge in [-0.05, 0) is 75.6 Å². The van der Waals surface area contributed by atoms with E-state index in [1.165, 1.54) is 37.0 Å². The number of aromatic nitrogens is 4. The third-order valence-electron chi connectivity index (χ3n) is 7.44. The number of ether oxygens (including phenoxy) is 1. The summed E-state index contributed by atoms with van der Waals surface area (Å²) in [6.07, 6.45) is 4.81. The Hall–Kier alpha value is -3.20. The monoisotopic (exact) mass is 531 g/mol. The molecule has 2 aromatic carbocycles. The van der Waals surface area contributed by atoms with Gasteiger partial charge in [0, 0.05) is 47.9 Å². The molecule has 2 aromatic heterocycles. The molecule has 38 heavy (non-hydrogen) atoms. The van der Waals surface area contributed by atoms with Gasteiger partial charge >= 0.3 is 0 Å². The number of fused-ring (bicyclic) bond motifs is 1. The molecule has 0 radical (unpaired) electrons. The van der Waals surface area contributed by atoms with Gasteiger partial charge in [0.1, 0.15) is 5.82 Å². The molecule has 2 fully saturated rings. The van der Waals surface area contributed by atoms with Crippen molar-refractivity contribution in [1.29, 1.82) is 0 Å². The van der Waals surface area contributed by atoms with Gasteiger partial charge in [-0.3, -0.25) is 4.68 Å². The molecule has 0 bridgehead atoms. The van der Waals surface area contributed by atoms with Gasteiger partial charge in [0.2, 0.25) is 5.95 Å². The van der Waals surface area contributed by atoms with Gasteiger partial charge in [-0.2, -0.15) is 10.1 Å². The SMILES string of the molecule is Cn1nc(CCCN2CCCC2)c2ccc(-c3cc(Nc4ccc(Cl)cc4)nc(N4CCOCC4)n3)cc21. The number of anilines is 3. The molecule has 2 saturated heterocycles. The van der Waals surface area contributed by atoms with Crippen LogP contribution in [0.5, 0.6) is 0 Å². The summed E-state index contributed by atoms with van der Waals surface area (Å²) >= 11 is 6.09. The fourth-order valence-corrected chi connectivity index (χ4v) is 5.51. The molecule has 0 spiro atoms. The molecule has 6 rings (SSSR count). The third kappa shape index (κ3) is 5.62. The summed E-state index contributed by atoms with van der Waals surface area (Å²) in [7, 11) is 2.03. The smallest absolute Gasteiger partial charge is 0.228 e. The minimum atomic E-state index is 0.676. The topological polar surface area (TPSA) is 71.3 Å². The highest BCUT2D eigenvalue weighted by Crippen LogP contribution is 2.29. The van der Waals surface area contributed by atoms with E-state index in [2.05, 4.69) is 33.3 Å². The highest BCUT2D eigenvalue weighted by Gasteiger charge is 2.18. The van der Waals surface area contributed by atoms with Crippen LogP contribution in [-0.2, 0) is 18.2 Å². The first-order chi connectivity index (χ1) is 18.6. The lowest BCUT2D eigenvalue weighted by molar-refractivity contribution is 0.122. The number of nitrogens with one attached hydrogen (secondary N) is 1. The van der Waals surface area contributed by atoms with Crippen molar-refractivity contribution in [2.45, 2.75) is 25.7 Å². The lowest BCUT2D eigenvalue weighted by Gasteiger charge is -2.27. The van der Waals surface area contributed by atoms with Crippen LogP contribution in [0.3, 0.4) is 0 Å². The number of halogens is 1. The zero-order chi connectivity index (χ0) is 25.9. The molecule has 0 aliphatic carbocycles. The Morgan fingerprint density at radius 3 is 2.53 bits per heavy atom. The van der Waals surface area contributed by atoms with Crippen molar-refractivity contribution < 1.29 is 4.74 Å². The Morgan fingerprint density at radius 2 is 1.74 bits per heavy atom. The average molecular weight is 532 g/mol. The largest absolute Gasteiger partial charge is 0.378 e. The van der Waals surface area contributed by atoms with Crippen LogP contribution in [0.15, 0.2) is 48.5 Å². The summed E-state index contributed by atoms with van der Waals surface area (Å²) in [5.74, 6) is 1.45. The zero-order valence-electron chi connectivity index (χ0n) is 21.9. The van der Waals surface area contributed by atoms with Gasteiger partial charge in [-0.15, -0.1) is 0 Å². The molecule has 9 heteroatoms. The molecular formula is C29H34ClN7O. The highest BCUT2D eigenvalue weighted by molar-refractivity contribution is 6.30. The van der Waals surface area contributed by atoms with E-state index in [4.69, 9.17) is 31.4 Å². The van der Waals surface area contributed by atoms with Crippen molar-refractivity contribution in [3.8, 4) is 11.3 Å². The molecule has 8 nitrogen and oxygen atoms in total. The number of nitrogens with zero attached hydrogens (tertiary/aromatic N) is 6. The molecule has 1 N–H and O–H groups in total. The molecule has 198 valence electrons. The van der Waals surface area contributed by atoms with Crippen molar-refractivity contribution in [1.82, 2.24) is 24.6 Å². The summed E-state index contributed by atoms with van der Waals surface area (Å²) < 4.78 is 7.56. The summed E-state index contributed by atoms with van der Waals surface area (Å²) in [6.45, 7) is 6.53. The van der Waals surface area contributed by atoms with Crippen LogP contribution in [-0.4, -0.2) is 70.6 Å². The molecule has 0 saturated carbocycles. The second kappa shape index (κ2) is 11.3. The Kier molecular flexibility index (Phi) is 7.44. The van der Waals surface area contributed by atoms with Crippen LogP contribution >= 0.6 is 11.6 Å². The molecule has 4 aromatic rings. The van der Waals surface area contributed by atoms with Crippen LogP contribution in [0.1, 0.15) is 25.0 Å². The number of morpholine rings is 1. The summed E-state index contributed by atoms with van der Waals surface area (Å²) in [5, 5.41) is 10.2. The fraction of sp³-hybridized carbons (Fsp3) is 0.414. The summed E-state index contributed by atoms with van der Waals surface area (Å²) in [6, 6.07) is 16.2. The number of aryl methyl sites for hydroxylation is 2. The second-order valence-electron chi connectivity index (χ2n) is 10.1. The Bertz CT molecular complexity index is 1390. The molecule has 0 atom stereocenters. The van der Waals surface area contributed by atoms with Crippen molar-refractivity contribution in [3.05, 3.63) is 59.2 Å². The van der Waals surface area contributed by atoms with Gasteiger partial charge in [0.15, 0.2) is 0 Å². The summed E-state index contributed by atoms with van der Waals surface area (Å²) in [4.78, 5) is 14.6. The second-order valence-corrected chi connectivity index (χ2v) is 10.6. The number of rotatable bonds is 8. The zero-order valence-corrected chi connectivity index (χ0v) is 22.6. The minimum Gasteiger partial charge on any atom is -0.378 e. The normalized spacial score (nSPS) is 16.4. The van der Waals surface area contributed by atoms with Gasteiger partial charge in [0.25, 0.3) is 0 Å². The predicted molar refractivity (Wildman–Crippen MR) is 154 cm³/mol. The number of hydrogen-bond acceptors (Lipinski definition) is 7. The fourth-order valence-electron chi connectivity index (χ4n) is 5.38. The maximum atomic E-state index is 6.09. The average Bonchev–Trinajstić information content (AvgIpc) is 3.58. The molecule has 0 unspecified atom stereocenters. The van der Waals surface area contributed by atoms with E-state index in [0.29, 0.717) is 24.2 Å². The van der Waals surface area contributed by atoms with Crippen LogP contribution in [0.4, 0.5) is 17.5 Å². The van der Waals surface area contributed by atoms with E-state index >= 15 is 0 Å². The molecule has 0 amide bonds. The van der Waals surface area contributed by atoms with E-state index in [0.717, 1.165) is 60.8 Å². The van der Waals surface area contributed by atoms with Crippen molar-refractivity contribution in [3.63, 3.8) is 0 Å². The maximum absolute atomic E-state index is 6.09. The summed E-state index contributed by atoms with van der Waals surface area (Å²) in [5.41, 5.74) is 5.14. The van der Waals surface area contributed by atoms with Crippen molar-refractivity contribution in [2.24, 2.45) is 7.05 Å². The first-order valence-electron chi connectivity index (χ1n) is 13.6. The van der Waals surface area contributed by atoms with E-state index in [-0.39, 0.29) is 0 Å². The Morgan fingerprint density at radius 1 is 0.947 bits per heavy atom. The van der Waals surface area contributed by atoms with Gasteiger partial charge in [-0.25, -0.2) is 4.98 Å². The first-order valence-corrected chi connectivity index (χ1v) is 13.9. The maximum Gasteiger partial charge on any atom is 0.228 e. The first kappa shape index (κ1) is 25.1. The molecule has 4 heterocycles. The highest BCUT2D eigenvalue weighted by atomic mass is 35.5. The molecule has 2 aliphatic rings. The van der Waals surface area contributed by atoms with E-state index in [1.54, 1.807) is 0 Å². The number of benzene rings is 2. The van der Waals surface area contributed by atoms with E-state index in [9.17, 15) is 0 Å². The predicted octanol–water partition coefficient (Wildman–Crippen LogP) is 5.29. The van der Waals surface area contributed by atoms with Crippen molar-refractivity contribution >= 4 is 40.0 Å². The quantitative estimate of drug-likeness (QED) is 0.331. The Labute approximate surface area is 228 Å². The van der Waals surface area contributed by atoms with Crippen LogP contribution < -0.4 is 10.2 Å². The van der Waals surface area contributed by atoms with Gasteiger partial charge in [0.05, 0.1) is 30.1 Å². The van der Waals surface area contributed by atoms with Crippen molar-refractivity contribution in [2.75, 3.05) is 56.2 Å². The van der Waals surface area contributed by atoms with Crippen LogP contribution in [0, 0.1) is 0 Å². The van der Waals surface area contributed by atoms with Crippen LogP contribution in [0.25, 0.3) is 22.2 Å². The van der Waals surface area contributed by atoms with E-state index < -0.39 is 0 Å². The third-order valence-corrected chi connectivity index (χ3v) is 7.69.